The lowest BCUT2D eigenvalue weighted by molar-refractivity contribution is -0.153. The molecule has 3 fully saturated rings. The number of rotatable bonds is 0. The monoisotopic (exact) mass is 156 g/mol. The Hall–Kier alpha value is -0.120. The summed E-state index contributed by atoms with van der Waals surface area (Å²) in [5, 5.41) is 9.68. The molecule has 2 saturated heterocycles. The predicted molar refractivity (Wildman–Crippen MR) is 36.8 cm³/mol. The van der Waals surface area contributed by atoms with Crippen molar-refractivity contribution in [3.63, 3.8) is 0 Å². The summed E-state index contributed by atoms with van der Waals surface area (Å²) in [6.07, 6.45) is 1.92. The average Bonchev–Trinajstić information content (AvgIpc) is 2.33. The minimum atomic E-state index is -0.265. The van der Waals surface area contributed by atoms with Crippen LogP contribution in [-0.4, -0.2) is 30.2 Å². The molecular formula is C8H12O3. The SMILES string of the molecule is OC1C2COC3OC1CC3C2. The molecule has 0 radical (unpaired) electrons. The highest BCUT2D eigenvalue weighted by Gasteiger charge is 2.51. The molecule has 3 rings (SSSR count). The lowest BCUT2D eigenvalue weighted by atomic mass is 9.78. The van der Waals surface area contributed by atoms with Gasteiger partial charge in [-0.2, -0.15) is 0 Å². The minimum absolute atomic E-state index is 0.00778. The van der Waals surface area contributed by atoms with Crippen LogP contribution in [0.5, 0.6) is 0 Å². The Morgan fingerprint density at radius 2 is 2.09 bits per heavy atom. The Balaban J connectivity index is 1.95. The van der Waals surface area contributed by atoms with E-state index in [9.17, 15) is 5.11 Å². The zero-order chi connectivity index (χ0) is 7.42. The molecule has 2 heterocycles. The van der Waals surface area contributed by atoms with Gasteiger partial charge in [0.15, 0.2) is 6.29 Å². The number of ether oxygens (including phenoxy) is 2. The normalized spacial score (nSPS) is 60.3. The summed E-state index contributed by atoms with van der Waals surface area (Å²) in [5.74, 6) is 0.916. The number of aliphatic hydroxyl groups excluding tert-OH is 1. The molecule has 5 unspecified atom stereocenters. The van der Waals surface area contributed by atoms with E-state index >= 15 is 0 Å². The highest BCUT2D eigenvalue weighted by Crippen LogP contribution is 2.45. The first-order chi connectivity index (χ1) is 5.34. The predicted octanol–water partition coefficient (Wildman–Crippen LogP) is 0.129. The Bertz CT molecular complexity index is 174. The van der Waals surface area contributed by atoms with Gasteiger partial charge in [-0.15, -0.1) is 0 Å². The van der Waals surface area contributed by atoms with Crippen molar-refractivity contribution in [2.24, 2.45) is 11.8 Å². The van der Waals surface area contributed by atoms with Crippen molar-refractivity contribution in [2.45, 2.75) is 31.3 Å². The second-order valence-electron chi connectivity index (χ2n) is 3.86. The Labute approximate surface area is 65.3 Å². The fraction of sp³-hybridized carbons (Fsp3) is 1.00. The first kappa shape index (κ1) is 6.40. The topological polar surface area (TPSA) is 38.7 Å². The van der Waals surface area contributed by atoms with Crippen LogP contribution in [0, 0.1) is 11.8 Å². The quantitative estimate of drug-likeness (QED) is 0.541. The molecule has 62 valence electrons. The Morgan fingerprint density at radius 1 is 1.18 bits per heavy atom. The number of hydrogen-bond donors (Lipinski definition) is 1. The van der Waals surface area contributed by atoms with Crippen LogP contribution in [0.25, 0.3) is 0 Å². The van der Waals surface area contributed by atoms with Crippen LogP contribution in [0.3, 0.4) is 0 Å². The van der Waals surface area contributed by atoms with Crippen LogP contribution < -0.4 is 0 Å². The van der Waals surface area contributed by atoms with Crippen LogP contribution in [0.15, 0.2) is 0 Å². The molecule has 11 heavy (non-hydrogen) atoms. The first-order valence-corrected chi connectivity index (χ1v) is 4.30. The molecule has 1 aliphatic carbocycles. The van der Waals surface area contributed by atoms with E-state index in [-0.39, 0.29) is 18.5 Å². The molecule has 0 aromatic rings. The smallest absolute Gasteiger partial charge is 0.160 e. The number of fused-ring (bicyclic) bond motifs is 2. The molecule has 3 aliphatic rings. The maximum atomic E-state index is 9.68. The van der Waals surface area contributed by atoms with Gasteiger partial charge in [-0.1, -0.05) is 0 Å². The van der Waals surface area contributed by atoms with Crippen molar-refractivity contribution in [3.05, 3.63) is 0 Å². The van der Waals surface area contributed by atoms with Crippen LogP contribution in [-0.2, 0) is 9.47 Å². The van der Waals surface area contributed by atoms with Crippen LogP contribution in [0.2, 0.25) is 0 Å². The van der Waals surface area contributed by atoms with Gasteiger partial charge in [-0.25, -0.2) is 0 Å². The van der Waals surface area contributed by atoms with E-state index in [0.717, 1.165) is 12.8 Å². The van der Waals surface area contributed by atoms with Gasteiger partial charge < -0.3 is 14.6 Å². The Kier molecular flexibility index (Phi) is 1.15. The molecule has 0 aromatic heterocycles. The molecule has 2 aliphatic heterocycles. The van der Waals surface area contributed by atoms with Gasteiger partial charge >= 0.3 is 0 Å². The van der Waals surface area contributed by atoms with E-state index in [1.165, 1.54) is 0 Å². The second-order valence-corrected chi connectivity index (χ2v) is 3.86. The molecular weight excluding hydrogens is 144 g/mol. The number of hydrogen-bond acceptors (Lipinski definition) is 3. The van der Waals surface area contributed by atoms with Gasteiger partial charge in [0.1, 0.15) is 0 Å². The van der Waals surface area contributed by atoms with Gasteiger partial charge in [0, 0.05) is 11.8 Å². The molecule has 0 spiro atoms. The van der Waals surface area contributed by atoms with Crippen molar-refractivity contribution >= 4 is 0 Å². The maximum absolute atomic E-state index is 9.68. The molecule has 1 saturated carbocycles. The van der Waals surface area contributed by atoms with E-state index < -0.39 is 0 Å². The van der Waals surface area contributed by atoms with Crippen molar-refractivity contribution in [1.29, 1.82) is 0 Å². The fourth-order valence-corrected chi connectivity index (χ4v) is 2.57. The summed E-state index contributed by atoms with van der Waals surface area (Å²) >= 11 is 0. The van der Waals surface area contributed by atoms with Gasteiger partial charge in [0.25, 0.3) is 0 Å². The van der Waals surface area contributed by atoms with Gasteiger partial charge in [0.2, 0.25) is 0 Å². The van der Waals surface area contributed by atoms with E-state index in [0.29, 0.717) is 18.4 Å². The average molecular weight is 156 g/mol. The van der Waals surface area contributed by atoms with E-state index in [2.05, 4.69) is 0 Å². The lowest BCUT2D eigenvalue weighted by Gasteiger charge is -2.34. The van der Waals surface area contributed by atoms with Crippen LogP contribution in [0.4, 0.5) is 0 Å². The number of aliphatic hydroxyl groups is 1. The highest BCUT2D eigenvalue weighted by atomic mass is 16.7. The standard InChI is InChI=1S/C8H12O3/c9-7-5-1-4-2-6(7)11-8(4)10-3-5/h4-9H,1-3H2. The molecule has 3 bridgehead atoms. The summed E-state index contributed by atoms with van der Waals surface area (Å²) in [4.78, 5) is 0. The summed E-state index contributed by atoms with van der Waals surface area (Å²) in [7, 11) is 0. The zero-order valence-electron chi connectivity index (χ0n) is 6.27. The van der Waals surface area contributed by atoms with Crippen molar-refractivity contribution < 1.29 is 14.6 Å². The van der Waals surface area contributed by atoms with Crippen LogP contribution >= 0.6 is 0 Å². The summed E-state index contributed by atoms with van der Waals surface area (Å²) in [6.45, 7) is 0.693. The molecule has 5 atom stereocenters. The lowest BCUT2D eigenvalue weighted by Crippen LogP contribution is -2.41. The van der Waals surface area contributed by atoms with E-state index in [1.54, 1.807) is 0 Å². The van der Waals surface area contributed by atoms with Crippen molar-refractivity contribution in [3.8, 4) is 0 Å². The fourth-order valence-electron chi connectivity index (χ4n) is 2.57. The Morgan fingerprint density at radius 3 is 3.00 bits per heavy atom. The van der Waals surface area contributed by atoms with E-state index in [1.807, 2.05) is 0 Å². The molecule has 1 N–H and O–H groups in total. The molecule has 3 heteroatoms. The van der Waals surface area contributed by atoms with Crippen molar-refractivity contribution in [1.82, 2.24) is 0 Å². The third kappa shape index (κ3) is 0.736. The van der Waals surface area contributed by atoms with Crippen LogP contribution in [0.1, 0.15) is 12.8 Å². The maximum Gasteiger partial charge on any atom is 0.160 e. The summed E-state index contributed by atoms with van der Waals surface area (Å²) < 4.78 is 11.0. The first-order valence-electron chi connectivity index (χ1n) is 4.30. The molecule has 3 nitrogen and oxygen atoms in total. The molecule has 0 aromatic carbocycles. The molecule has 0 amide bonds. The van der Waals surface area contributed by atoms with Gasteiger partial charge in [0.05, 0.1) is 18.8 Å². The second kappa shape index (κ2) is 1.97. The highest BCUT2D eigenvalue weighted by molar-refractivity contribution is 4.95. The van der Waals surface area contributed by atoms with Crippen molar-refractivity contribution in [2.75, 3.05) is 6.61 Å². The largest absolute Gasteiger partial charge is 0.390 e. The van der Waals surface area contributed by atoms with E-state index in [4.69, 9.17) is 9.47 Å². The van der Waals surface area contributed by atoms with Gasteiger partial charge in [-0.05, 0) is 12.8 Å². The van der Waals surface area contributed by atoms with Gasteiger partial charge in [-0.3, -0.25) is 0 Å². The summed E-state index contributed by atoms with van der Waals surface area (Å²) in [6, 6.07) is 0. The third-order valence-electron chi connectivity index (χ3n) is 3.17. The third-order valence-corrected chi connectivity index (χ3v) is 3.17. The summed E-state index contributed by atoms with van der Waals surface area (Å²) in [5.41, 5.74) is 0. The zero-order valence-corrected chi connectivity index (χ0v) is 6.27. The minimum Gasteiger partial charge on any atom is -0.390 e.